The molecule has 3 nitrogen and oxygen atoms in total. The zero-order valence-corrected chi connectivity index (χ0v) is 30.0. The van der Waals surface area contributed by atoms with Crippen molar-refractivity contribution in [3.63, 3.8) is 0 Å². The zero-order valence-electron chi connectivity index (χ0n) is 29.1. The van der Waals surface area contributed by atoms with Crippen molar-refractivity contribution in [3.8, 4) is 56.2 Å². The van der Waals surface area contributed by atoms with Crippen molar-refractivity contribution >= 4 is 22.7 Å². The van der Waals surface area contributed by atoms with Crippen LogP contribution in [0.2, 0.25) is 0 Å². The number of pyridine rings is 1. The summed E-state index contributed by atoms with van der Waals surface area (Å²) in [6.45, 7) is 0. The number of rotatable bonds is 4. The minimum absolute atomic E-state index is 0.479. The molecule has 252 valence electrons. The molecule has 0 atom stereocenters. The van der Waals surface area contributed by atoms with Gasteiger partial charge in [-0.2, -0.15) is 0 Å². The van der Waals surface area contributed by atoms with Crippen LogP contribution in [0.15, 0.2) is 198 Å². The molecular weight excluding hydrogens is 675 g/mol. The van der Waals surface area contributed by atoms with Crippen LogP contribution in [0.5, 0.6) is 0 Å². The van der Waals surface area contributed by atoms with Crippen LogP contribution in [0.4, 0.5) is 0 Å². The Hall–Kier alpha value is -6.62. The number of aromatic nitrogens is 3. The third kappa shape index (κ3) is 4.67. The summed E-state index contributed by atoms with van der Waals surface area (Å²) >= 11 is 1.87. The number of benzene rings is 7. The fourth-order valence-electron chi connectivity index (χ4n) is 8.64. The Kier molecular flexibility index (Phi) is 7.01. The van der Waals surface area contributed by atoms with E-state index in [1.54, 1.807) is 0 Å². The van der Waals surface area contributed by atoms with Gasteiger partial charge in [-0.3, -0.25) is 4.98 Å². The topological polar surface area (TPSA) is 38.7 Å². The second-order valence-electron chi connectivity index (χ2n) is 13.9. The van der Waals surface area contributed by atoms with Gasteiger partial charge in [-0.05, 0) is 75.3 Å². The highest BCUT2D eigenvalue weighted by Crippen LogP contribution is 2.62. The van der Waals surface area contributed by atoms with Crippen LogP contribution in [-0.4, -0.2) is 15.0 Å². The normalized spacial score (nSPS) is 13.3. The maximum atomic E-state index is 5.23. The predicted octanol–water partition coefficient (Wildman–Crippen LogP) is 12.5. The molecule has 0 saturated heterocycles. The van der Waals surface area contributed by atoms with E-state index in [-0.39, 0.29) is 0 Å². The summed E-state index contributed by atoms with van der Waals surface area (Å²) in [5, 5.41) is 1.13. The van der Waals surface area contributed by atoms with Gasteiger partial charge in [0, 0.05) is 43.6 Å². The molecule has 7 aromatic carbocycles. The minimum atomic E-state index is -0.479. The van der Waals surface area contributed by atoms with Crippen LogP contribution >= 0.6 is 11.8 Å². The zero-order chi connectivity index (χ0) is 35.6. The largest absolute Gasteiger partial charge is 0.256 e. The quantitative estimate of drug-likeness (QED) is 0.183. The van der Waals surface area contributed by atoms with Crippen molar-refractivity contribution in [1.29, 1.82) is 0 Å². The molecule has 9 aromatic rings. The van der Waals surface area contributed by atoms with E-state index in [0.29, 0.717) is 5.82 Å². The molecule has 0 bridgehead atoms. The second kappa shape index (κ2) is 12.2. The summed E-state index contributed by atoms with van der Waals surface area (Å²) < 4.78 is 0. The van der Waals surface area contributed by atoms with E-state index in [1.807, 2.05) is 48.3 Å². The van der Waals surface area contributed by atoms with Gasteiger partial charge in [0.1, 0.15) is 0 Å². The van der Waals surface area contributed by atoms with Gasteiger partial charge in [-0.1, -0.05) is 157 Å². The molecule has 1 aliphatic carbocycles. The third-order valence-corrected chi connectivity index (χ3v) is 12.2. The van der Waals surface area contributed by atoms with Gasteiger partial charge >= 0.3 is 0 Å². The average Bonchev–Trinajstić information content (AvgIpc) is 3.53. The lowest BCUT2D eigenvalue weighted by Gasteiger charge is -2.39. The highest BCUT2D eigenvalue weighted by molar-refractivity contribution is 7.99. The molecule has 4 heteroatoms. The number of hydrogen-bond donors (Lipinski definition) is 0. The first-order valence-electron chi connectivity index (χ1n) is 18.3. The Morgan fingerprint density at radius 2 is 0.963 bits per heavy atom. The monoisotopic (exact) mass is 705 g/mol. The summed E-state index contributed by atoms with van der Waals surface area (Å²) in [6, 6.07) is 65.4. The SMILES string of the molecule is c1ccc(-c2cc(-c3ccc4c(c3)-c3cc(-c5cccc6cccnc56)ccc3C43c4ccccc4Sc4ccccc43)nc(-c3ccccc3)n2)cc1. The van der Waals surface area contributed by atoms with Crippen LogP contribution in [0.1, 0.15) is 22.3 Å². The van der Waals surface area contributed by atoms with Gasteiger partial charge in [0.05, 0.1) is 22.3 Å². The van der Waals surface area contributed by atoms with Crippen LogP contribution in [0.25, 0.3) is 67.1 Å². The van der Waals surface area contributed by atoms with E-state index in [1.165, 1.54) is 43.2 Å². The van der Waals surface area contributed by atoms with E-state index in [0.717, 1.165) is 50.1 Å². The molecule has 3 heterocycles. The fourth-order valence-corrected chi connectivity index (χ4v) is 9.83. The molecular formula is C50H31N3S. The second-order valence-corrected chi connectivity index (χ2v) is 15.0. The van der Waals surface area contributed by atoms with E-state index in [9.17, 15) is 0 Å². The Labute approximate surface area is 318 Å². The van der Waals surface area contributed by atoms with Gasteiger partial charge < -0.3 is 0 Å². The van der Waals surface area contributed by atoms with Gasteiger partial charge in [0.15, 0.2) is 5.82 Å². The molecule has 54 heavy (non-hydrogen) atoms. The first-order chi connectivity index (χ1) is 26.8. The molecule has 0 saturated carbocycles. The number of nitrogens with zero attached hydrogens (tertiary/aromatic N) is 3. The first-order valence-corrected chi connectivity index (χ1v) is 19.1. The van der Waals surface area contributed by atoms with E-state index < -0.39 is 5.41 Å². The van der Waals surface area contributed by atoms with Crippen molar-refractivity contribution in [3.05, 3.63) is 210 Å². The molecule has 0 radical (unpaired) electrons. The summed E-state index contributed by atoms with van der Waals surface area (Å²) in [7, 11) is 0. The van der Waals surface area contributed by atoms with Crippen molar-refractivity contribution in [2.45, 2.75) is 15.2 Å². The van der Waals surface area contributed by atoms with Crippen molar-refractivity contribution in [2.24, 2.45) is 0 Å². The molecule has 0 fully saturated rings. The fraction of sp³-hybridized carbons (Fsp3) is 0.0200. The lowest BCUT2D eigenvalue weighted by molar-refractivity contribution is 0.722. The van der Waals surface area contributed by atoms with Crippen molar-refractivity contribution in [2.75, 3.05) is 0 Å². The van der Waals surface area contributed by atoms with Gasteiger partial charge in [-0.15, -0.1) is 0 Å². The van der Waals surface area contributed by atoms with Crippen molar-refractivity contribution in [1.82, 2.24) is 15.0 Å². The molecule has 1 spiro atoms. The van der Waals surface area contributed by atoms with Crippen LogP contribution in [0.3, 0.4) is 0 Å². The van der Waals surface area contributed by atoms with Gasteiger partial charge in [-0.25, -0.2) is 9.97 Å². The Bertz CT molecular complexity index is 2810. The van der Waals surface area contributed by atoms with Crippen LogP contribution < -0.4 is 0 Å². The molecule has 2 aromatic heterocycles. The van der Waals surface area contributed by atoms with Crippen LogP contribution in [-0.2, 0) is 5.41 Å². The van der Waals surface area contributed by atoms with Crippen molar-refractivity contribution < 1.29 is 0 Å². The van der Waals surface area contributed by atoms with Gasteiger partial charge in [0.25, 0.3) is 0 Å². The molecule has 0 amide bonds. The number of fused-ring (bicyclic) bond motifs is 10. The Balaban J connectivity index is 1.19. The standard InChI is InChI=1S/C50H31N3S/c1-3-13-32(14-4-1)44-31-45(53-49(52-44)34-15-5-2-6-16-34)36-25-27-41-39(30-36)38-29-35(37-19-11-17-33-18-12-28-51-48(33)37)24-26-40(38)50(41)42-20-7-9-22-46(42)54-47-23-10-8-21-43(47)50/h1-31H. The summed E-state index contributed by atoms with van der Waals surface area (Å²) in [4.78, 5) is 17.7. The first kappa shape index (κ1) is 31.0. The predicted molar refractivity (Wildman–Crippen MR) is 221 cm³/mol. The van der Waals surface area contributed by atoms with Crippen LogP contribution in [0, 0.1) is 0 Å². The highest BCUT2D eigenvalue weighted by Gasteiger charge is 2.50. The van der Waals surface area contributed by atoms with E-state index in [4.69, 9.17) is 15.0 Å². The number of hydrogen-bond acceptors (Lipinski definition) is 4. The Morgan fingerprint density at radius 3 is 1.67 bits per heavy atom. The van der Waals surface area contributed by atoms with E-state index in [2.05, 4.69) is 152 Å². The summed E-state index contributed by atoms with van der Waals surface area (Å²) in [5.41, 5.74) is 15.4. The van der Waals surface area contributed by atoms with Gasteiger partial charge in [0.2, 0.25) is 0 Å². The highest BCUT2D eigenvalue weighted by atomic mass is 32.2. The molecule has 2 aliphatic rings. The lowest BCUT2D eigenvalue weighted by Crippen LogP contribution is -2.31. The van der Waals surface area contributed by atoms with E-state index >= 15 is 0 Å². The maximum absolute atomic E-state index is 5.23. The summed E-state index contributed by atoms with van der Waals surface area (Å²) in [5.74, 6) is 0.710. The average molecular weight is 706 g/mol. The summed E-state index contributed by atoms with van der Waals surface area (Å²) in [6.07, 6.45) is 1.89. The molecule has 11 rings (SSSR count). The number of para-hydroxylation sites is 1. The lowest BCUT2D eigenvalue weighted by atomic mass is 9.67. The minimum Gasteiger partial charge on any atom is -0.256 e. The molecule has 0 N–H and O–H groups in total. The Morgan fingerprint density at radius 1 is 0.389 bits per heavy atom. The molecule has 1 aliphatic heterocycles. The smallest absolute Gasteiger partial charge is 0.160 e. The third-order valence-electron chi connectivity index (χ3n) is 11.0. The maximum Gasteiger partial charge on any atom is 0.160 e. The molecule has 0 unspecified atom stereocenters.